The van der Waals surface area contributed by atoms with E-state index in [1.165, 1.54) is 44.9 Å². The summed E-state index contributed by atoms with van der Waals surface area (Å²) in [6.07, 6.45) is 74.0. The molecule has 0 N–H and O–H groups in total. The highest BCUT2D eigenvalue weighted by Crippen LogP contribution is 2.12. The normalized spacial score (nSPS) is 13.3. The van der Waals surface area contributed by atoms with Gasteiger partial charge in [-0.2, -0.15) is 0 Å². The molecule has 0 aromatic rings. The van der Waals surface area contributed by atoms with Gasteiger partial charge in [0.15, 0.2) is 6.10 Å². The first-order chi connectivity index (χ1) is 32.0. The molecule has 0 aliphatic rings. The van der Waals surface area contributed by atoms with Crippen LogP contribution in [0.2, 0.25) is 0 Å². The summed E-state index contributed by atoms with van der Waals surface area (Å²) < 4.78 is 16.7. The summed E-state index contributed by atoms with van der Waals surface area (Å²) in [5.41, 5.74) is 0. The lowest BCUT2D eigenvalue weighted by atomic mass is 10.1. The number of esters is 3. The fourth-order valence-corrected chi connectivity index (χ4v) is 6.22. The predicted octanol–water partition coefficient (Wildman–Crippen LogP) is 16.9. The van der Waals surface area contributed by atoms with Gasteiger partial charge in [0.2, 0.25) is 0 Å². The number of carbonyl (C=O) groups excluding carboxylic acids is 3. The van der Waals surface area contributed by atoms with Gasteiger partial charge in [0, 0.05) is 19.3 Å². The Bertz CT molecular complexity index is 1490. The lowest BCUT2D eigenvalue weighted by molar-refractivity contribution is -0.167. The maximum atomic E-state index is 12.8. The monoisotopic (exact) mass is 895 g/mol. The van der Waals surface area contributed by atoms with Gasteiger partial charge in [-0.15, -0.1) is 0 Å². The fraction of sp³-hybridized carbons (Fsp3) is 0.542. The molecular weight excluding hydrogens is 805 g/mol. The molecule has 0 amide bonds. The minimum absolute atomic E-state index is 0.126. The van der Waals surface area contributed by atoms with Crippen LogP contribution in [0.5, 0.6) is 0 Å². The van der Waals surface area contributed by atoms with E-state index in [9.17, 15) is 14.4 Å². The van der Waals surface area contributed by atoms with Crippen molar-refractivity contribution in [2.75, 3.05) is 13.2 Å². The molecule has 362 valence electrons. The Morgan fingerprint density at radius 3 is 1.15 bits per heavy atom. The van der Waals surface area contributed by atoms with E-state index in [4.69, 9.17) is 14.2 Å². The van der Waals surface area contributed by atoms with Gasteiger partial charge in [-0.05, 0) is 96.3 Å². The molecule has 0 saturated heterocycles. The third kappa shape index (κ3) is 50.2. The van der Waals surface area contributed by atoms with Crippen LogP contribution in [0.4, 0.5) is 0 Å². The minimum atomic E-state index is -0.834. The molecule has 6 nitrogen and oxygen atoms in total. The molecule has 0 aromatic carbocycles. The first-order valence-electron chi connectivity index (χ1n) is 25.4. The van der Waals surface area contributed by atoms with Crippen LogP contribution in [0.1, 0.15) is 188 Å². The van der Waals surface area contributed by atoms with Crippen molar-refractivity contribution in [3.05, 3.63) is 146 Å². The van der Waals surface area contributed by atoms with Gasteiger partial charge in [-0.1, -0.05) is 218 Å². The molecule has 0 aliphatic heterocycles. The van der Waals surface area contributed by atoms with Crippen LogP contribution in [0.15, 0.2) is 146 Å². The zero-order chi connectivity index (χ0) is 47.2. The van der Waals surface area contributed by atoms with Crippen LogP contribution in [0.25, 0.3) is 0 Å². The molecule has 0 radical (unpaired) electrons. The molecule has 0 heterocycles. The highest BCUT2D eigenvalue weighted by atomic mass is 16.6. The minimum Gasteiger partial charge on any atom is -0.462 e. The van der Waals surface area contributed by atoms with E-state index >= 15 is 0 Å². The third-order valence-electron chi connectivity index (χ3n) is 10.00. The predicted molar refractivity (Wildman–Crippen MR) is 279 cm³/mol. The van der Waals surface area contributed by atoms with E-state index in [1.807, 2.05) is 48.6 Å². The molecule has 0 aliphatic carbocycles. The number of allylic oxidation sites excluding steroid dienone is 24. The lowest BCUT2D eigenvalue weighted by Gasteiger charge is -2.18. The van der Waals surface area contributed by atoms with Crippen LogP contribution in [-0.4, -0.2) is 37.2 Å². The molecular formula is C59H90O6. The summed E-state index contributed by atoms with van der Waals surface area (Å²) in [6.45, 7) is 6.21. The summed E-state index contributed by atoms with van der Waals surface area (Å²) in [7, 11) is 0. The summed E-state index contributed by atoms with van der Waals surface area (Å²) in [5.74, 6) is -1.05. The Morgan fingerprint density at radius 1 is 0.338 bits per heavy atom. The van der Waals surface area contributed by atoms with Crippen LogP contribution < -0.4 is 0 Å². The van der Waals surface area contributed by atoms with E-state index in [1.54, 1.807) is 0 Å². The number of ether oxygens (including phenoxy) is 3. The maximum absolute atomic E-state index is 12.8. The van der Waals surface area contributed by atoms with Gasteiger partial charge in [0.05, 0.1) is 0 Å². The Balaban J connectivity index is 4.61. The molecule has 65 heavy (non-hydrogen) atoms. The van der Waals surface area contributed by atoms with Crippen molar-refractivity contribution in [1.82, 2.24) is 0 Å². The average molecular weight is 895 g/mol. The maximum Gasteiger partial charge on any atom is 0.306 e. The Morgan fingerprint density at radius 2 is 0.677 bits per heavy atom. The second-order valence-electron chi connectivity index (χ2n) is 16.1. The van der Waals surface area contributed by atoms with Crippen molar-refractivity contribution in [3.8, 4) is 0 Å². The van der Waals surface area contributed by atoms with Gasteiger partial charge < -0.3 is 14.2 Å². The van der Waals surface area contributed by atoms with Crippen LogP contribution >= 0.6 is 0 Å². The zero-order valence-corrected chi connectivity index (χ0v) is 41.2. The second-order valence-corrected chi connectivity index (χ2v) is 16.1. The smallest absolute Gasteiger partial charge is 0.306 e. The molecule has 0 bridgehead atoms. The Kier molecular flexibility index (Phi) is 48.2. The average Bonchev–Trinajstić information content (AvgIpc) is 3.30. The highest BCUT2D eigenvalue weighted by molar-refractivity contribution is 5.71. The van der Waals surface area contributed by atoms with Gasteiger partial charge >= 0.3 is 17.9 Å². The molecule has 0 spiro atoms. The third-order valence-corrected chi connectivity index (χ3v) is 10.00. The number of hydrogen-bond acceptors (Lipinski definition) is 6. The standard InChI is InChI=1S/C59H90O6/c1-4-7-10-13-16-19-22-25-28-29-32-34-37-40-43-46-49-52-58(61)64-55-56(65-59(62)53-50-47-44-41-38-35-31-27-24-21-18-15-12-9-6-3)54-63-57(60)51-48-45-42-39-36-33-30-26-23-20-17-14-11-8-5-2/h8-9,11-12,14-21,23-25,27-28,31-32,34-35,38,40,43,56H,4-7,10,13,22,26,29-30,33,36-37,39,41-42,44-55H2,1-3H3/b11-8-,12-9-,17-14-,18-15-,19-16-,23-20-,24-21-,28-25-,31-27-,34-32-,38-35-,43-40-. The summed E-state index contributed by atoms with van der Waals surface area (Å²) in [5, 5.41) is 0. The molecule has 0 fully saturated rings. The van der Waals surface area contributed by atoms with Crippen LogP contribution in [0.3, 0.4) is 0 Å². The lowest BCUT2D eigenvalue weighted by Crippen LogP contribution is -2.30. The van der Waals surface area contributed by atoms with E-state index in [0.717, 1.165) is 89.9 Å². The number of carbonyl (C=O) groups is 3. The molecule has 6 heteroatoms. The van der Waals surface area contributed by atoms with Gasteiger partial charge in [0.25, 0.3) is 0 Å². The van der Waals surface area contributed by atoms with Gasteiger partial charge in [-0.25, -0.2) is 0 Å². The fourth-order valence-electron chi connectivity index (χ4n) is 6.22. The topological polar surface area (TPSA) is 78.9 Å². The van der Waals surface area contributed by atoms with E-state index < -0.39 is 6.10 Å². The van der Waals surface area contributed by atoms with Crippen molar-refractivity contribution in [2.45, 2.75) is 194 Å². The number of rotatable bonds is 43. The van der Waals surface area contributed by atoms with Crippen molar-refractivity contribution in [1.29, 1.82) is 0 Å². The second kappa shape index (κ2) is 51.9. The summed E-state index contributed by atoms with van der Waals surface area (Å²) in [6, 6.07) is 0. The first-order valence-corrected chi connectivity index (χ1v) is 25.4. The van der Waals surface area contributed by atoms with E-state index in [0.29, 0.717) is 19.3 Å². The van der Waals surface area contributed by atoms with Gasteiger partial charge in [-0.3, -0.25) is 14.4 Å². The summed E-state index contributed by atoms with van der Waals surface area (Å²) in [4.78, 5) is 38.0. The van der Waals surface area contributed by atoms with Crippen molar-refractivity contribution in [3.63, 3.8) is 0 Å². The highest BCUT2D eigenvalue weighted by Gasteiger charge is 2.19. The van der Waals surface area contributed by atoms with Crippen molar-refractivity contribution < 1.29 is 28.6 Å². The Labute approximate surface area is 397 Å². The van der Waals surface area contributed by atoms with E-state index in [2.05, 4.69) is 118 Å². The summed E-state index contributed by atoms with van der Waals surface area (Å²) >= 11 is 0. The SMILES string of the molecule is CC\C=C/C=C\C=C/C=C\C=C/CCCCCC(=O)OC(COC(=O)CCC/C=C\C/C=C\C/C=C\C/C=C\CCCCC)COC(=O)CCCCCCCCC\C=C/C=C\C=C/CC. The van der Waals surface area contributed by atoms with Crippen LogP contribution in [0, 0.1) is 0 Å². The molecule has 1 unspecified atom stereocenters. The van der Waals surface area contributed by atoms with Crippen LogP contribution in [-0.2, 0) is 28.6 Å². The first kappa shape index (κ1) is 60.3. The molecule has 0 aromatic heterocycles. The zero-order valence-electron chi connectivity index (χ0n) is 41.2. The number of hydrogen-bond donors (Lipinski definition) is 0. The van der Waals surface area contributed by atoms with Crippen molar-refractivity contribution >= 4 is 17.9 Å². The largest absolute Gasteiger partial charge is 0.462 e. The molecule has 0 rings (SSSR count). The van der Waals surface area contributed by atoms with Crippen molar-refractivity contribution in [2.24, 2.45) is 0 Å². The number of unbranched alkanes of at least 4 members (excludes halogenated alkanes) is 14. The quantitative estimate of drug-likeness (QED) is 0.0199. The van der Waals surface area contributed by atoms with E-state index in [-0.39, 0.29) is 44.0 Å². The van der Waals surface area contributed by atoms with Gasteiger partial charge in [0.1, 0.15) is 13.2 Å². The molecule has 0 saturated carbocycles. The molecule has 1 atom stereocenters. The Hall–Kier alpha value is -4.71.